The second kappa shape index (κ2) is 14.3. The van der Waals surface area contributed by atoms with Crippen molar-refractivity contribution in [2.75, 3.05) is 0 Å². The Hall–Kier alpha value is -3.22. The largest absolute Gasteiger partial charge is 0.489 e. The van der Waals surface area contributed by atoms with Gasteiger partial charge in [0.2, 0.25) is 0 Å². The minimum atomic E-state index is -4.31. The van der Waals surface area contributed by atoms with Crippen molar-refractivity contribution in [3.63, 3.8) is 0 Å². The number of H-pyrrole nitrogens is 1. The zero-order valence-electron chi connectivity index (χ0n) is 24.2. The number of fused-ring (bicyclic) bond motifs is 2. The molecule has 0 saturated carbocycles. The topological polar surface area (TPSA) is 56.2 Å². The molecule has 0 aliphatic heterocycles. The van der Waals surface area contributed by atoms with E-state index in [9.17, 15) is 26.3 Å². The van der Waals surface area contributed by atoms with Crippen molar-refractivity contribution in [3.05, 3.63) is 127 Å². The van der Waals surface area contributed by atoms with Gasteiger partial charge in [-0.1, -0.05) is 87.7 Å². The summed E-state index contributed by atoms with van der Waals surface area (Å²) in [5.41, 5.74) is 4.66. The Bertz CT molecular complexity index is 1900. The number of aryl methyl sites for hydroxylation is 2. The van der Waals surface area contributed by atoms with Crippen LogP contribution in [-0.2, 0) is 12.6 Å². The number of benzene rings is 4. The fraction of sp³-hybridized carbons (Fsp3) is 0.152. The molecular weight excluding hydrogens is 718 g/mol. The number of nitrogens with one attached hydrogen (secondary N) is 1. The Morgan fingerprint density at radius 1 is 0.761 bits per heavy atom. The number of halogens is 9. The van der Waals surface area contributed by atoms with Gasteiger partial charge in [0.25, 0.3) is 0 Å². The van der Waals surface area contributed by atoms with Gasteiger partial charge >= 0.3 is 19.5 Å². The molecule has 0 amide bonds. The second-order valence-electron chi connectivity index (χ2n) is 10.6. The lowest BCUT2D eigenvalue weighted by atomic mass is 9.80. The van der Waals surface area contributed by atoms with E-state index >= 15 is 0 Å². The maximum atomic E-state index is 12.8. The third-order valence-corrected chi connectivity index (χ3v) is 8.11. The van der Waals surface area contributed by atoms with Gasteiger partial charge in [-0.25, -0.2) is 0 Å². The molecule has 0 radical (unpaired) electrons. The zero-order valence-corrected chi connectivity index (χ0v) is 27.3. The molecule has 3 N–H and O–H groups in total. The lowest BCUT2D eigenvalue weighted by Crippen LogP contribution is -2.30. The first kappa shape index (κ1) is 35.6. The lowest BCUT2D eigenvalue weighted by Gasteiger charge is -2.09. The highest BCUT2D eigenvalue weighted by atomic mass is 79.9. The summed E-state index contributed by atoms with van der Waals surface area (Å²) in [7, 11) is -1.48. The molecule has 0 fully saturated rings. The van der Waals surface area contributed by atoms with E-state index in [1.165, 1.54) is 6.08 Å². The van der Waals surface area contributed by atoms with Crippen molar-refractivity contribution in [3.8, 4) is 11.1 Å². The molecule has 0 spiro atoms. The molecule has 0 saturated heterocycles. The highest BCUT2D eigenvalue weighted by molar-refractivity contribution is 9.10. The maximum Gasteiger partial charge on any atom is 0.489 e. The Labute approximate surface area is 279 Å². The quantitative estimate of drug-likeness (QED) is 0.125. The van der Waals surface area contributed by atoms with Crippen LogP contribution < -0.4 is 5.46 Å². The molecule has 0 unspecified atom stereocenters. The van der Waals surface area contributed by atoms with Crippen LogP contribution in [0.1, 0.15) is 27.9 Å². The van der Waals surface area contributed by atoms with Crippen LogP contribution in [0.25, 0.3) is 28.1 Å². The Balaban J connectivity index is 0.000000167. The Morgan fingerprint density at radius 2 is 1.41 bits per heavy atom. The summed E-state index contributed by atoms with van der Waals surface area (Å²) in [6.07, 6.45) is -7.43. The van der Waals surface area contributed by atoms with E-state index in [0.29, 0.717) is 37.5 Å². The normalized spacial score (nSPS) is 12.5. The molecule has 4 aromatic carbocycles. The molecule has 46 heavy (non-hydrogen) atoms. The Morgan fingerprint density at radius 3 is 2.00 bits per heavy atom. The molecule has 3 nitrogen and oxygen atoms in total. The predicted molar refractivity (Wildman–Crippen MR) is 176 cm³/mol. The number of aromatic amines is 1. The first-order chi connectivity index (χ1) is 21.4. The minimum Gasteiger partial charge on any atom is -0.423 e. The maximum absolute atomic E-state index is 12.8. The fourth-order valence-electron chi connectivity index (χ4n) is 4.64. The van der Waals surface area contributed by atoms with Gasteiger partial charge in [-0.05, 0) is 78.1 Å². The molecule has 6 rings (SSSR count). The van der Waals surface area contributed by atoms with Gasteiger partial charge in [-0.2, -0.15) is 26.3 Å². The van der Waals surface area contributed by atoms with Crippen molar-refractivity contribution in [2.45, 2.75) is 32.6 Å². The molecule has 1 aliphatic rings. The summed E-state index contributed by atoms with van der Waals surface area (Å²) in [5.74, 6) is 0. The van der Waals surface area contributed by atoms with Gasteiger partial charge in [0.15, 0.2) is 0 Å². The average Bonchev–Trinajstić information content (AvgIpc) is 3.58. The van der Waals surface area contributed by atoms with E-state index < -0.39 is 30.7 Å². The van der Waals surface area contributed by atoms with E-state index in [2.05, 4.69) is 20.9 Å². The van der Waals surface area contributed by atoms with E-state index in [4.69, 9.17) is 33.2 Å². The number of allylic oxidation sites excluding steroid dienone is 1. The monoisotopic (exact) mass is 741 g/mol. The number of alkyl halides is 6. The van der Waals surface area contributed by atoms with Gasteiger partial charge in [0.1, 0.15) is 5.69 Å². The van der Waals surface area contributed by atoms with Gasteiger partial charge in [0.05, 0.1) is 0 Å². The van der Waals surface area contributed by atoms with Crippen LogP contribution in [0.4, 0.5) is 26.3 Å². The van der Waals surface area contributed by atoms with Crippen LogP contribution in [0, 0.1) is 13.8 Å². The standard InChI is InChI=1S/C17H12ClF3.C9H5BrF3N.C7H8BClO2/c1-10-2-5-15(16(18)6-10)12-4-3-11-8-14(17(19,20)21)9-13(11)7-12;10-6-2-1-5-3-8(9(11,12)13)14-7(5)4-6;1-5-2-3-6(8(10)11)7(9)4-5/h2-8H,9H2,1H3;1-4,14H;2-4,10-11H,1H3. The van der Waals surface area contributed by atoms with Crippen LogP contribution in [0.3, 0.4) is 0 Å². The summed E-state index contributed by atoms with van der Waals surface area (Å²) in [4.78, 5) is 2.32. The van der Waals surface area contributed by atoms with Crippen LogP contribution in [0.5, 0.6) is 0 Å². The third-order valence-electron chi connectivity index (χ3n) is 6.98. The zero-order chi connectivity index (χ0) is 34.0. The summed E-state index contributed by atoms with van der Waals surface area (Å²) in [5, 5.41) is 19.1. The first-order valence-corrected chi connectivity index (χ1v) is 15.1. The number of hydrogen-bond donors (Lipinski definition) is 3. The molecule has 0 bridgehead atoms. The molecule has 5 aromatic rings. The highest BCUT2D eigenvalue weighted by Gasteiger charge is 2.36. The molecule has 1 aliphatic carbocycles. The van der Waals surface area contributed by atoms with Crippen molar-refractivity contribution < 1.29 is 36.4 Å². The van der Waals surface area contributed by atoms with E-state index in [0.717, 1.165) is 32.8 Å². The number of rotatable bonds is 2. The summed E-state index contributed by atoms with van der Waals surface area (Å²) in [6.45, 7) is 3.83. The van der Waals surface area contributed by atoms with Crippen LogP contribution in [0.2, 0.25) is 10.0 Å². The molecule has 240 valence electrons. The smallest absolute Gasteiger partial charge is 0.423 e. The fourth-order valence-corrected chi connectivity index (χ4v) is 5.68. The van der Waals surface area contributed by atoms with Crippen molar-refractivity contribution in [2.24, 2.45) is 0 Å². The number of aromatic nitrogens is 1. The predicted octanol–water partition coefficient (Wildman–Crippen LogP) is 10.1. The van der Waals surface area contributed by atoms with E-state index in [1.54, 1.807) is 48.5 Å². The molecule has 1 aromatic heterocycles. The third kappa shape index (κ3) is 8.98. The first-order valence-electron chi connectivity index (χ1n) is 13.6. The average molecular weight is 743 g/mol. The van der Waals surface area contributed by atoms with Gasteiger partial charge in [-0.15, -0.1) is 0 Å². The molecule has 13 heteroatoms. The lowest BCUT2D eigenvalue weighted by molar-refractivity contribution is -0.140. The summed E-state index contributed by atoms with van der Waals surface area (Å²) in [6, 6.07) is 22.1. The van der Waals surface area contributed by atoms with E-state index in [1.807, 2.05) is 38.1 Å². The Kier molecular flexibility index (Phi) is 11.1. The van der Waals surface area contributed by atoms with Gasteiger partial charge in [-0.3, -0.25) is 0 Å². The van der Waals surface area contributed by atoms with E-state index in [-0.39, 0.29) is 6.42 Å². The summed E-state index contributed by atoms with van der Waals surface area (Å²) < 4.78 is 75.9. The molecule has 0 atom stereocenters. The van der Waals surface area contributed by atoms with Crippen LogP contribution in [-0.4, -0.2) is 28.3 Å². The molecular formula is C33H25BBrCl2F6NO2. The van der Waals surface area contributed by atoms with Crippen molar-refractivity contribution in [1.82, 2.24) is 4.98 Å². The van der Waals surface area contributed by atoms with Crippen LogP contribution in [0.15, 0.2) is 88.9 Å². The molecule has 1 heterocycles. The summed E-state index contributed by atoms with van der Waals surface area (Å²) >= 11 is 15.1. The highest BCUT2D eigenvalue weighted by Crippen LogP contribution is 2.39. The van der Waals surface area contributed by atoms with Gasteiger partial charge in [0, 0.05) is 48.4 Å². The minimum absolute atomic E-state index is 0.0733. The van der Waals surface area contributed by atoms with Crippen molar-refractivity contribution in [1.29, 1.82) is 0 Å². The van der Waals surface area contributed by atoms with Crippen molar-refractivity contribution >= 4 is 68.7 Å². The number of hydrogen-bond acceptors (Lipinski definition) is 2. The second-order valence-corrected chi connectivity index (χ2v) is 12.3. The van der Waals surface area contributed by atoms with Crippen LogP contribution >= 0.6 is 39.1 Å². The van der Waals surface area contributed by atoms with Gasteiger partial charge < -0.3 is 15.0 Å². The SMILES string of the molecule is Cc1ccc(-c2ccc3c(c2)CC(C(F)(F)F)=C3)c(Cl)c1.Cc1ccc(B(O)O)c(Cl)c1.FC(F)(F)c1cc2ccc(Br)cc2[nH]1.